The monoisotopic (exact) mass is 738 g/mol. The maximum absolute atomic E-state index is 5.34. The molecule has 2 N–H and O–H groups in total. The molecule has 0 bridgehead atoms. The van der Waals surface area contributed by atoms with Gasteiger partial charge in [-0.2, -0.15) is 0 Å². The van der Waals surface area contributed by atoms with Crippen LogP contribution in [0.3, 0.4) is 0 Å². The Morgan fingerprint density at radius 3 is 2.03 bits per heavy atom. The Kier molecular flexibility index (Phi) is 14.2. The predicted octanol–water partition coefficient (Wildman–Crippen LogP) is 5.60. The summed E-state index contributed by atoms with van der Waals surface area (Å²) in [5.74, 6) is 1.84. The second-order valence-corrected chi connectivity index (χ2v) is 9.87. The van der Waals surface area contributed by atoms with Crippen molar-refractivity contribution >= 4 is 88.1 Å². The molecular formula is C20H29ClI2N6O2S2. The van der Waals surface area contributed by atoms with Crippen LogP contribution in [0.5, 0.6) is 0 Å². The van der Waals surface area contributed by atoms with Gasteiger partial charge < -0.3 is 20.1 Å². The topological polar surface area (TPSA) is 94.1 Å². The van der Waals surface area contributed by atoms with Crippen LogP contribution >= 0.6 is 76.5 Å². The van der Waals surface area contributed by atoms with Crippen molar-refractivity contribution in [3.8, 4) is 0 Å². The van der Waals surface area contributed by atoms with Crippen LogP contribution in [0.2, 0.25) is 0 Å². The molecule has 0 aliphatic carbocycles. The summed E-state index contributed by atoms with van der Waals surface area (Å²) in [5, 5.41) is 8.43. The lowest BCUT2D eigenvalue weighted by atomic mass is 10.2. The van der Waals surface area contributed by atoms with Gasteiger partial charge in [-0.3, -0.25) is 0 Å². The number of hydrogen-bond acceptors (Lipinski definition) is 10. The van der Waals surface area contributed by atoms with E-state index in [1.165, 1.54) is 0 Å². The number of anilines is 2. The number of hydrogen-bond donors (Lipinski definition) is 2. The van der Waals surface area contributed by atoms with Gasteiger partial charge in [-0.05, 0) is 70.7 Å². The maximum Gasteiger partial charge on any atom is 0.189 e. The zero-order valence-electron chi connectivity index (χ0n) is 19.0. The minimum absolute atomic E-state index is 0.387. The number of ether oxygens (including phenoxy) is 2. The molecule has 33 heavy (non-hydrogen) atoms. The van der Waals surface area contributed by atoms with Crippen LogP contribution in [-0.2, 0) is 9.47 Å². The minimum Gasteiger partial charge on any atom is -0.379 e. The lowest BCUT2D eigenvalue weighted by Crippen LogP contribution is -2.21. The van der Waals surface area contributed by atoms with E-state index in [2.05, 4.69) is 62.1 Å². The molecule has 0 radical (unpaired) electrons. The molecule has 0 aromatic carbocycles. The molecule has 184 valence electrons. The molecule has 0 amide bonds. The minimum atomic E-state index is 0.387. The van der Waals surface area contributed by atoms with E-state index in [1.54, 1.807) is 45.0 Å². The molecular weight excluding hydrogens is 710 g/mol. The Bertz CT molecular complexity index is 875. The van der Waals surface area contributed by atoms with Gasteiger partial charge in [-0.15, -0.1) is 0 Å². The SMILES string of the molecule is CSc1nc(C)c(I)c(NC2CCOC2)n1.CSc1nc(C)cc(NC2CCOC2)n1.ClI. The fraction of sp³-hybridized carbons (Fsp3) is 0.600. The zero-order valence-corrected chi connectivity index (χ0v) is 25.7. The Morgan fingerprint density at radius 1 is 0.909 bits per heavy atom. The van der Waals surface area contributed by atoms with Crippen LogP contribution in [0, 0.1) is 17.4 Å². The summed E-state index contributed by atoms with van der Waals surface area (Å²) in [6, 6.07) is 2.75. The van der Waals surface area contributed by atoms with E-state index in [1.807, 2.05) is 32.4 Å². The second kappa shape index (κ2) is 16.0. The Morgan fingerprint density at radius 2 is 1.48 bits per heavy atom. The van der Waals surface area contributed by atoms with Crippen molar-refractivity contribution in [2.24, 2.45) is 0 Å². The molecule has 2 aromatic heterocycles. The first kappa shape index (κ1) is 29.4. The highest BCUT2D eigenvalue weighted by molar-refractivity contribution is 14.1. The van der Waals surface area contributed by atoms with Crippen molar-refractivity contribution < 1.29 is 9.47 Å². The summed E-state index contributed by atoms with van der Waals surface area (Å²) >= 11 is 7.04. The van der Waals surface area contributed by atoms with Crippen LogP contribution in [-0.4, -0.2) is 71.0 Å². The summed E-state index contributed by atoms with van der Waals surface area (Å²) in [5.41, 5.74) is 2.03. The third-order valence-electron chi connectivity index (χ3n) is 4.75. The van der Waals surface area contributed by atoms with Gasteiger partial charge >= 0.3 is 0 Å². The summed E-state index contributed by atoms with van der Waals surface area (Å²) in [6.07, 6.45) is 6.08. The Balaban J connectivity index is 0.000000218. The average molecular weight is 739 g/mol. The Labute approximate surface area is 235 Å². The van der Waals surface area contributed by atoms with E-state index >= 15 is 0 Å². The molecule has 2 atom stereocenters. The number of thioether (sulfide) groups is 2. The Hall–Kier alpha value is 0.130. The fourth-order valence-corrected chi connectivity index (χ4v) is 4.36. The molecule has 2 fully saturated rings. The molecule has 2 aliphatic heterocycles. The third-order valence-corrected chi connectivity index (χ3v) is 7.13. The zero-order chi connectivity index (χ0) is 24.2. The maximum atomic E-state index is 5.34. The molecule has 4 rings (SSSR count). The molecule has 4 heterocycles. The van der Waals surface area contributed by atoms with E-state index in [9.17, 15) is 0 Å². The highest BCUT2D eigenvalue weighted by Crippen LogP contribution is 2.23. The molecule has 2 unspecified atom stereocenters. The van der Waals surface area contributed by atoms with E-state index in [4.69, 9.17) is 9.47 Å². The van der Waals surface area contributed by atoms with Crippen LogP contribution in [0.1, 0.15) is 24.2 Å². The summed E-state index contributed by atoms with van der Waals surface area (Å²) < 4.78 is 11.7. The van der Waals surface area contributed by atoms with Crippen LogP contribution in [0.4, 0.5) is 11.6 Å². The van der Waals surface area contributed by atoms with Crippen molar-refractivity contribution in [1.82, 2.24) is 19.9 Å². The largest absolute Gasteiger partial charge is 0.379 e. The molecule has 13 heteroatoms. The van der Waals surface area contributed by atoms with Crippen molar-refractivity contribution in [3.63, 3.8) is 0 Å². The molecule has 2 saturated heterocycles. The number of nitrogens with one attached hydrogen (secondary N) is 2. The summed E-state index contributed by atoms with van der Waals surface area (Å²) in [6.45, 7) is 7.23. The van der Waals surface area contributed by atoms with E-state index < -0.39 is 0 Å². The van der Waals surface area contributed by atoms with Gasteiger partial charge in [0.05, 0.1) is 34.6 Å². The smallest absolute Gasteiger partial charge is 0.189 e. The summed E-state index contributed by atoms with van der Waals surface area (Å²) in [4.78, 5) is 17.6. The quantitative estimate of drug-likeness (QED) is 0.222. The lowest BCUT2D eigenvalue weighted by molar-refractivity contribution is 0.195. The van der Waals surface area contributed by atoms with Crippen molar-refractivity contribution in [2.75, 3.05) is 49.6 Å². The van der Waals surface area contributed by atoms with Gasteiger partial charge in [0.2, 0.25) is 0 Å². The normalized spacial score (nSPS) is 19.2. The second-order valence-electron chi connectivity index (χ2n) is 7.25. The number of aromatic nitrogens is 4. The standard InChI is InChI=1S/C10H14IN3OS.C10H15N3OS.ClI/c1-6-8(11)9(14-10(12-6)16-2)13-7-3-4-15-5-7;1-7-5-9(13-10(11-7)15-2)12-8-3-4-14-6-8;1-2/h7H,3-5H2,1-2H3,(H,12,13,14);5,8H,3-4,6H2,1-2H3,(H,11,12,13);. The highest BCUT2D eigenvalue weighted by Gasteiger charge is 2.18. The van der Waals surface area contributed by atoms with E-state index in [0.717, 1.165) is 76.2 Å². The molecule has 2 aromatic rings. The van der Waals surface area contributed by atoms with Gasteiger partial charge in [0.25, 0.3) is 0 Å². The first-order chi connectivity index (χ1) is 16.0. The molecule has 0 spiro atoms. The van der Waals surface area contributed by atoms with Gasteiger partial charge in [0.15, 0.2) is 10.3 Å². The average Bonchev–Trinajstić information content (AvgIpc) is 3.52. The number of rotatable bonds is 6. The molecule has 0 saturated carbocycles. The number of nitrogens with zero attached hydrogens (tertiary/aromatic N) is 4. The van der Waals surface area contributed by atoms with Gasteiger partial charge in [-0.25, -0.2) is 19.9 Å². The number of halogens is 3. The highest BCUT2D eigenvalue weighted by atomic mass is 127. The molecule has 8 nitrogen and oxygen atoms in total. The van der Waals surface area contributed by atoms with Gasteiger partial charge in [0.1, 0.15) is 11.6 Å². The first-order valence-electron chi connectivity index (χ1n) is 10.3. The fourth-order valence-electron chi connectivity index (χ4n) is 3.13. The van der Waals surface area contributed by atoms with Crippen molar-refractivity contribution in [3.05, 3.63) is 21.0 Å². The van der Waals surface area contributed by atoms with Crippen molar-refractivity contribution in [2.45, 2.75) is 49.1 Å². The van der Waals surface area contributed by atoms with Crippen LogP contribution in [0.15, 0.2) is 16.4 Å². The first-order valence-corrected chi connectivity index (χ1v) is 16.5. The third kappa shape index (κ3) is 9.95. The van der Waals surface area contributed by atoms with Crippen LogP contribution < -0.4 is 10.6 Å². The predicted molar refractivity (Wildman–Crippen MR) is 155 cm³/mol. The number of aryl methyl sites for hydroxylation is 2. The van der Waals surface area contributed by atoms with Gasteiger partial charge in [-0.1, -0.05) is 23.5 Å². The lowest BCUT2D eigenvalue weighted by Gasteiger charge is -2.14. The van der Waals surface area contributed by atoms with E-state index in [0.29, 0.717) is 12.1 Å². The molecule has 2 aliphatic rings. The van der Waals surface area contributed by atoms with E-state index in [-0.39, 0.29) is 0 Å². The van der Waals surface area contributed by atoms with Gasteiger partial charge in [0, 0.05) is 46.4 Å². The summed E-state index contributed by atoms with van der Waals surface area (Å²) in [7, 11) is 4.61. The van der Waals surface area contributed by atoms with Crippen molar-refractivity contribution in [1.29, 1.82) is 0 Å². The van der Waals surface area contributed by atoms with Crippen LogP contribution in [0.25, 0.3) is 0 Å².